The molecule has 1 atom stereocenters. The molecule has 168 valence electrons. The Labute approximate surface area is 192 Å². The van der Waals surface area contributed by atoms with Crippen molar-refractivity contribution in [3.63, 3.8) is 0 Å². The van der Waals surface area contributed by atoms with Crippen LogP contribution >= 0.6 is 11.6 Å². The Bertz CT molecular complexity index is 1070. The summed E-state index contributed by atoms with van der Waals surface area (Å²) in [4.78, 5) is 27.2. The second-order valence-corrected chi connectivity index (χ2v) is 8.47. The van der Waals surface area contributed by atoms with Gasteiger partial charge >= 0.3 is 0 Å². The van der Waals surface area contributed by atoms with E-state index in [0.717, 1.165) is 24.0 Å². The molecule has 1 heterocycles. The second kappa shape index (κ2) is 9.20. The number of nitrogens with zero attached hydrogens (tertiary/aromatic N) is 3. The van der Waals surface area contributed by atoms with E-state index in [4.69, 9.17) is 21.1 Å². The molecule has 0 saturated heterocycles. The molecule has 1 saturated carbocycles. The second-order valence-electron chi connectivity index (χ2n) is 8.06. The number of likely N-dealkylation sites (N-methyl/N-ethyl adjacent to an activating group) is 1. The molecular weight excluding hydrogens is 430 g/mol. The van der Waals surface area contributed by atoms with Crippen molar-refractivity contribution < 1.29 is 19.1 Å². The molecule has 2 aromatic rings. The van der Waals surface area contributed by atoms with Crippen molar-refractivity contribution in [2.75, 3.05) is 27.8 Å². The molecule has 2 aliphatic rings. The molecule has 8 heteroatoms. The van der Waals surface area contributed by atoms with Crippen LogP contribution in [0.3, 0.4) is 0 Å². The highest BCUT2D eigenvalue weighted by molar-refractivity contribution is 6.34. The van der Waals surface area contributed by atoms with Crippen molar-refractivity contribution in [2.45, 2.75) is 25.3 Å². The molecule has 7 nitrogen and oxygen atoms in total. The van der Waals surface area contributed by atoms with Crippen LogP contribution in [0.15, 0.2) is 47.6 Å². The van der Waals surface area contributed by atoms with Crippen LogP contribution in [-0.2, 0) is 9.59 Å². The summed E-state index contributed by atoms with van der Waals surface area (Å²) >= 11 is 6.42. The fraction of sp³-hybridized carbons (Fsp3) is 0.375. The van der Waals surface area contributed by atoms with Crippen molar-refractivity contribution in [1.29, 1.82) is 0 Å². The SMILES string of the molecule is COc1ccc(OC)c([C@H]2CC(c3ccccc3Cl)=NN2C(=O)CN(C)C(=O)C2CC2)c1. The van der Waals surface area contributed by atoms with Crippen molar-refractivity contribution >= 4 is 29.1 Å². The quantitative estimate of drug-likeness (QED) is 0.634. The topological polar surface area (TPSA) is 71.4 Å². The Morgan fingerprint density at radius 3 is 2.56 bits per heavy atom. The summed E-state index contributed by atoms with van der Waals surface area (Å²) in [6.45, 7) is -0.0442. The number of amides is 2. The lowest BCUT2D eigenvalue weighted by atomic mass is 9.97. The molecule has 0 N–H and O–H groups in total. The summed E-state index contributed by atoms with van der Waals surface area (Å²) in [6.07, 6.45) is 2.23. The lowest BCUT2D eigenvalue weighted by Gasteiger charge is -2.26. The van der Waals surface area contributed by atoms with E-state index >= 15 is 0 Å². The van der Waals surface area contributed by atoms with E-state index in [2.05, 4.69) is 5.10 Å². The van der Waals surface area contributed by atoms with Gasteiger partial charge in [-0.2, -0.15) is 5.10 Å². The van der Waals surface area contributed by atoms with Gasteiger partial charge in [0.25, 0.3) is 5.91 Å². The van der Waals surface area contributed by atoms with Gasteiger partial charge in [0.05, 0.1) is 26.0 Å². The number of ether oxygens (including phenoxy) is 2. The molecule has 1 aliphatic carbocycles. The van der Waals surface area contributed by atoms with Gasteiger partial charge in [-0.05, 0) is 37.1 Å². The molecule has 0 unspecified atom stereocenters. The molecule has 2 amide bonds. The Morgan fingerprint density at radius 1 is 1.16 bits per heavy atom. The number of benzene rings is 2. The first-order valence-corrected chi connectivity index (χ1v) is 10.9. The average molecular weight is 456 g/mol. The molecule has 2 aromatic carbocycles. The summed E-state index contributed by atoms with van der Waals surface area (Å²) in [6, 6.07) is 12.5. The van der Waals surface area contributed by atoms with Crippen molar-refractivity contribution in [1.82, 2.24) is 9.91 Å². The zero-order valence-electron chi connectivity index (χ0n) is 18.4. The maximum atomic E-state index is 13.3. The average Bonchev–Trinajstić information content (AvgIpc) is 3.56. The minimum atomic E-state index is -0.414. The van der Waals surface area contributed by atoms with Gasteiger partial charge in [-0.3, -0.25) is 9.59 Å². The standard InChI is InChI=1S/C24H26ClN3O4/c1-27(24(30)15-8-9-15)14-23(29)28-21(18-12-16(31-2)10-11-22(18)32-3)13-20(26-28)17-6-4-5-7-19(17)25/h4-7,10-12,15,21H,8-9,13-14H2,1-3H3/t21-/m1/s1. The van der Waals surface area contributed by atoms with Crippen LogP contribution in [-0.4, -0.2) is 55.2 Å². The van der Waals surface area contributed by atoms with Crippen LogP contribution in [0.1, 0.15) is 36.4 Å². The number of hydrogen-bond donors (Lipinski definition) is 0. The summed E-state index contributed by atoms with van der Waals surface area (Å²) in [5, 5.41) is 6.68. The van der Waals surface area contributed by atoms with Crippen molar-refractivity contribution in [3.05, 3.63) is 58.6 Å². The lowest BCUT2D eigenvalue weighted by molar-refractivity contribution is -0.141. The van der Waals surface area contributed by atoms with Crippen molar-refractivity contribution in [2.24, 2.45) is 11.0 Å². The number of hydrazone groups is 1. The van der Waals surface area contributed by atoms with Crippen LogP contribution < -0.4 is 9.47 Å². The number of hydrogen-bond acceptors (Lipinski definition) is 5. The van der Waals surface area contributed by atoms with Crippen LogP contribution in [0.25, 0.3) is 0 Å². The predicted molar refractivity (Wildman–Crippen MR) is 122 cm³/mol. The highest BCUT2D eigenvalue weighted by Gasteiger charge is 2.38. The normalized spacial score (nSPS) is 17.7. The van der Waals surface area contributed by atoms with E-state index in [9.17, 15) is 9.59 Å². The lowest BCUT2D eigenvalue weighted by Crippen LogP contribution is -2.39. The van der Waals surface area contributed by atoms with Gasteiger partial charge < -0.3 is 14.4 Å². The van der Waals surface area contributed by atoms with E-state index in [1.165, 1.54) is 9.91 Å². The van der Waals surface area contributed by atoms with Gasteiger partial charge in [0.2, 0.25) is 5.91 Å². The fourth-order valence-corrected chi connectivity index (χ4v) is 4.18. The van der Waals surface area contributed by atoms with Gasteiger partial charge in [-0.1, -0.05) is 29.8 Å². The maximum absolute atomic E-state index is 13.3. The Kier molecular flexibility index (Phi) is 6.37. The summed E-state index contributed by atoms with van der Waals surface area (Å²) in [5.74, 6) is 1.07. The Hall–Kier alpha value is -3.06. The monoisotopic (exact) mass is 455 g/mol. The third-order valence-corrected chi connectivity index (χ3v) is 6.15. The summed E-state index contributed by atoms with van der Waals surface area (Å²) < 4.78 is 11.0. The highest BCUT2D eigenvalue weighted by atomic mass is 35.5. The van der Waals surface area contributed by atoms with Crippen LogP contribution in [0, 0.1) is 5.92 Å². The largest absolute Gasteiger partial charge is 0.497 e. The smallest absolute Gasteiger partial charge is 0.262 e. The van der Waals surface area contributed by atoms with E-state index in [1.807, 2.05) is 30.3 Å². The molecule has 1 fully saturated rings. The molecular formula is C24H26ClN3O4. The highest BCUT2D eigenvalue weighted by Crippen LogP contribution is 2.40. The predicted octanol–water partition coefficient (Wildman–Crippen LogP) is 3.90. The van der Waals surface area contributed by atoms with E-state index in [-0.39, 0.29) is 24.3 Å². The third-order valence-electron chi connectivity index (χ3n) is 5.82. The number of halogens is 1. The summed E-state index contributed by atoms with van der Waals surface area (Å²) in [7, 11) is 4.84. The van der Waals surface area contributed by atoms with Gasteiger partial charge in [0, 0.05) is 35.5 Å². The Balaban J connectivity index is 1.69. The van der Waals surface area contributed by atoms with Crippen LogP contribution in [0.4, 0.5) is 0 Å². The minimum absolute atomic E-state index is 0.00312. The Morgan fingerprint density at radius 2 is 1.91 bits per heavy atom. The van der Waals surface area contributed by atoms with Gasteiger partial charge in [0.1, 0.15) is 18.0 Å². The van der Waals surface area contributed by atoms with E-state index < -0.39 is 6.04 Å². The number of methoxy groups -OCH3 is 2. The minimum Gasteiger partial charge on any atom is -0.497 e. The first-order valence-electron chi connectivity index (χ1n) is 10.5. The van der Waals surface area contributed by atoms with Gasteiger partial charge in [-0.15, -0.1) is 0 Å². The molecule has 0 radical (unpaired) electrons. The zero-order chi connectivity index (χ0) is 22.8. The van der Waals surface area contributed by atoms with Crippen LogP contribution in [0.5, 0.6) is 11.5 Å². The molecule has 0 spiro atoms. The van der Waals surface area contributed by atoms with Gasteiger partial charge in [0.15, 0.2) is 0 Å². The molecule has 0 bridgehead atoms. The number of rotatable bonds is 7. The van der Waals surface area contributed by atoms with Crippen LogP contribution in [0.2, 0.25) is 5.02 Å². The maximum Gasteiger partial charge on any atom is 0.262 e. The third kappa shape index (κ3) is 4.43. The number of carbonyl (C=O) groups excluding carboxylic acids is 2. The number of carbonyl (C=O) groups is 2. The fourth-order valence-electron chi connectivity index (χ4n) is 3.94. The zero-order valence-corrected chi connectivity index (χ0v) is 19.1. The van der Waals surface area contributed by atoms with E-state index in [1.54, 1.807) is 33.4 Å². The van der Waals surface area contributed by atoms with Crippen molar-refractivity contribution in [3.8, 4) is 11.5 Å². The van der Waals surface area contributed by atoms with E-state index in [0.29, 0.717) is 28.7 Å². The molecule has 4 rings (SSSR count). The summed E-state index contributed by atoms with van der Waals surface area (Å²) in [5.41, 5.74) is 2.26. The molecule has 32 heavy (non-hydrogen) atoms. The van der Waals surface area contributed by atoms with Gasteiger partial charge in [-0.25, -0.2) is 5.01 Å². The first kappa shape index (κ1) is 22.1. The molecule has 0 aromatic heterocycles. The first-order chi connectivity index (χ1) is 15.4. The molecule has 1 aliphatic heterocycles.